The zero-order valence-electron chi connectivity index (χ0n) is 9.93. The fraction of sp³-hybridized carbons (Fsp3) is 0.167. The first kappa shape index (κ1) is 13.7. The van der Waals surface area contributed by atoms with Gasteiger partial charge in [-0.1, -0.05) is 33.2 Å². The van der Waals surface area contributed by atoms with Crippen LogP contribution in [-0.2, 0) is 18.0 Å². The fourth-order valence-corrected chi connectivity index (χ4v) is 1.68. The third-order valence-corrected chi connectivity index (χ3v) is 2.88. The van der Waals surface area contributed by atoms with Gasteiger partial charge in [0.05, 0.1) is 6.61 Å². The van der Waals surface area contributed by atoms with Crippen LogP contribution in [0.25, 0.3) is 0 Å². The molecule has 0 atom stereocenters. The predicted molar refractivity (Wildman–Crippen MR) is 70.8 cm³/mol. The first-order chi connectivity index (χ1) is 9.19. The Morgan fingerprint density at radius 2 is 2.11 bits per heavy atom. The number of hydrazine groups is 1. The average Bonchev–Trinajstić information content (AvgIpc) is 2.89. The van der Waals surface area contributed by atoms with E-state index in [9.17, 15) is 4.79 Å². The lowest BCUT2D eigenvalue weighted by Crippen LogP contribution is -2.30. The van der Waals surface area contributed by atoms with Crippen LogP contribution in [0.2, 0.25) is 0 Å². The first-order valence-corrected chi connectivity index (χ1v) is 6.27. The monoisotopic (exact) mass is 325 g/mol. The van der Waals surface area contributed by atoms with Crippen molar-refractivity contribution in [1.29, 1.82) is 0 Å². The standard InChI is InChI=1S/C12H12BrN3O3/c13-9-3-1-8(2-4-9)6-18-7-10-5-11(16-19-10)12(17)15-14/h1-5H,6-7,14H2,(H,15,17). The molecule has 2 aromatic rings. The van der Waals surface area contributed by atoms with E-state index in [-0.39, 0.29) is 12.3 Å². The number of amides is 1. The van der Waals surface area contributed by atoms with Gasteiger partial charge in [-0.25, -0.2) is 5.84 Å². The Hall–Kier alpha value is -1.70. The van der Waals surface area contributed by atoms with Gasteiger partial charge in [0, 0.05) is 10.5 Å². The molecule has 0 unspecified atom stereocenters. The van der Waals surface area contributed by atoms with Crippen molar-refractivity contribution >= 4 is 21.8 Å². The third kappa shape index (κ3) is 3.88. The fourth-order valence-electron chi connectivity index (χ4n) is 1.41. The maximum Gasteiger partial charge on any atom is 0.287 e. The molecule has 0 fully saturated rings. The zero-order valence-corrected chi connectivity index (χ0v) is 11.5. The predicted octanol–water partition coefficient (Wildman–Crippen LogP) is 1.76. The Morgan fingerprint density at radius 1 is 1.37 bits per heavy atom. The minimum absolute atomic E-state index is 0.129. The first-order valence-electron chi connectivity index (χ1n) is 5.48. The highest BCUT2D eigenvalue weighted by atomic mass is 79.9. The lowest BCUT2D eigenvalue weighted by atomic mass is 10.2. The molecule has 0 saturated carbocycles. The number of nitrogens with two attached hydrogens (primary N) is 1. The summed E-state index contributed by atoms with van der Waals surface area (Å²) in [5, 5.41) is 3.57. The molecule has 0 aliphatic heterocycles. The van der Waals surface area contributed by atoms with Crippen LogP contribution in [0.3, 0.4) is 0 Å². The highest BCUT2D eigenvalue weighted by Crippen LogP contribution is 2.12. The molecule has 1 aromatic heterocycles. The van der Waals surface area contributed by atoms with Gasteiger partial charge >= 0.3 is 0 Å². The van der Waals surface area contributed by atoms with Crippen molar-refractivity contribution in [3.05, 3.63) is 51.8 Å². The largest absolute Gasteiger partial charge is 0.369 e. The molecule has 0 radical (unpaired) electrons. The summed E-state index contributed by atoms with van der Waals surface area (Å²) in [7, 11) is 0. The Kier molecular flexibility index (Phi) is 4.67. The summed E-state index contributed by atoms with van der Waals surface area (Å²) in [5.41, 5.74) is 3.15. The van der Waals surface area contributed by atoms with Crippen molar-refractivity contribution < 1.29 is 14.1 Å². The van der Waals surface area contributed by atoms with Gasteiger partial charge in [0.25, 0.3) is 5.91 Å². The number of carbonyl (C=O) groups is 1. The van der Waals surface area contributed by atoms with E-state index < -0.39 is 5.91 Å². The molecule has 0 spiro atoms. The Labute approximate surface area is 118 Å². The van der Waals surface area contributed by atoms with E-state index in [1.165, 1.54) is 6.07 Å². The van der Waals surface area contributed by atoms with Gasteiger partial charge in [-0.2, -0.15) is 0 Å². The van der Waals surface area contributed by atoms with Crippen molar-refractivity contribution in [3.8, 4) is 0 Å². The van der Waals surface area contributed by atoms with Gasteiger partial charge in [0.2, 0.25) is 0 Å². The molecule has 1 aromatic carbocycles. The minimum atomic E-state index is -0.497. The van der Waals surface area contributed by atoms with Crippen molar-refractivity contribution in [1.82, 2.24) is 10.6 Å². The van der Waals surface area contributed by atoms with Crippen LogP contribution >= 0.6 is 15.9 Å². The summed E-state index contributed by atoms with van der Waals surface area (Å²) in [6.07, 6.45) is 0. The molecule has 0 aliphatic carbocycles. The van der Waals surface area contributed by atoms with Crippen LogP contribution < -0.4 is 11.3 Å². The molecule has 2 rings (SSSR count). The molecule has 1 amide bonds. The van der Waals surface area contributed by atoms with E-state index >= 15 is 0 Å². The van der Waals surface area contributed by atoms with Gasteiger partial charge in [-0.15, -0.1) is 0 Å². The van der Waals surface area contributed by atoms with Crippen molar-refractivity contribution in [2.45, 2.75) is 13.2 Å². The Balaban J connectivity index is 1.84. The normalized spacial score (nSPS) is 10.4. The summed E-state index contributed by atoms with van der Waals surface area (Å²) >= 11 is 3.36. The summed E-state index contributed by atoms with van der Waals surface area (Å²) < 4.78 is 11.4. The number of nitrogens with one attached hydrogen (secondary N) is 1. The number of ether oxygens (including phenoxy) is 1. The second-order valence-corrected chi connectivity index (χ2v) is 4.69. The summed E-state index contributed by atoms with van der Waals surface area (Å²) in [6.45, 7) is 0.688. The lowest BCUT2D eigenvalue weighted by Gasteiger charge is -2.01. The number of aromatic nitrogens is 1. The number of benzene rings is 1. The minimum Gasteiger partial charge on any atom is -0.369 e. The smallest absolute Gasteiger partial charge is 0.287 e. The highest BCUT2D eigenvalue weighted by molar-refractivity contribution is 9.10. The quantitative estimate of drug-likeness (QED) is 0.496. The van der Waals surface area contributed by atoms with Crippen LogP contribution in [0.1, 0.15) is 21.8 Å². The molecular formula is C12H12BrN3O3. The van der Waals surface area contributed by atoms with E-state index in [0.29, 0.717) is 12.4 Å². The third-order valence-electron chi connectivity index (χ3n) is 2.35. The summed E-state index contributed by atoms with van der Waals surface area (Å²) in [4.78, 5) is 11.2. The average molecular weight is 326 g/mol. The van der Waals surface area contributed by atoms with Crippen LogP contribution in [0, 0.1) is 0 Å². The Bertz CT molecular complexity index is 554. The van der Waals surface area contributed by atoms with Gasteiger partial charge in [0.1, 0.15) is 6.61 Å². The van der Waals surface area contributed by atoms with E-state index in [2.05, 4.69) is 21.1 Å². The molecule has 0 saturated heterocycles. The van der Waals surface area contributed by atoms with Gasteiger partial charge < -0.3 is 9.26 Å². The Morgan fingerprint density at radius 3 is 2.79 bits per heavy atom. The molecular weight excluding hydrogens is 314 g/mol. The van der Waals surface area contributed by atoms with Crippen LogP contribution in [0.15, 0.2) is 39.3 Å². The van der Waals surface area contributed by atoms with E-state index in [1.807, 2.05) is 29.7 Å². The van der Waals surface area contributed by atoms with Gasteiger partial charge in [0.15, 0.2) is 11.5 Å². The number of nitrogen functional groups attached to an aromatic ring is 1. The van der Waals surface area contributed by atoms with Crippen LogP contribution in [0.4, 0.5) is 0 Å². The zero-order chi connectivity index (χ0) is 13.7. The molecule has 3 N–H and O–H groups in total. The number of halogens is 1. The van der Waals surface area contributed by atoms with E-state index in [0.717, 1.165) is 10.0 Å². The topological polar surface area (TPSA) is 90.4 Å². The highest BCUT2D eigenvalue weighted by Gasteiger charge is 2.10. The van der Waals surface area contributed by atoms with Gasteiger partial charge in [-0.05, 0) is 17.7 Å². The number of carbonyl (C=O) groups excluding carboxylic acids is 1. The maximum absolute atomic E-state index is 11.2. The number of nitrogens with zero attached hydrogens (tertiary/aromatic N) is 1. The molecule has 100 valence electrons. The number of hydrogen-bond acceptors (Lipinski definition) is 5. The molecule has 7 heteroatoms. The molecule has 19 heavy (non-hydrogen) atoms. The molecule has 0 aliphatic rings. The summed E-state index contributed by atoms with van der Waals surface area (Å²) in [6, 6.07) is 9.28. The van der Waals surface area contributed by atoms with Gasteiger partial charge in [-0.3, -0.25) is 10.2 Å². The van der Waals surface area contributed by atoms with E-state index in [1.54, 1.807) is 0 Å². The second kappa shape index (κ2) is 6.46. The van der Waals surface area contributed by atoms with Crippen LogP contribution in [-0.4, -0.2) is 11.1 Å². The van der Waals surface area contributed by atoms with Crippen molar-refractivity contribution in [2.75, 3.05) is 0 Å². The number of hydrogen-bond donors (Lipinski definition) is 2. The molecule has 6 nitrogen and oxygen atoms in total. The number of rotatable bonds is 5. The SMILES string of the molecule is NNC(=O)c1cc(COCc2ccc(Br)cc2)on1. The second-order valence-electron chi connectivity index (χ2n) is 3.77. The molecule has 1 heterocycles. The molecule has 0 bridgehead atoms. The van der Waals surface area contributed by atoms with Crippen molar-refractivity contribution in [3.63, 3.8) is 0 Å². The maximum atomic E-state index is 11.2. The van der Waals surface area contributed by atoms with Crippen molar-refractivity contribution in [2.24, 2.45) is 5.84 Å². The van der Waals surface area contributed by atoms with Crippen LogP contribution in [0.5, 0.6) is 0 Å². The summed E-state index contributed by atoms with van der Waals surface area (Å²) in [5.74, 6) is 4.96. The van der Waals surface area contributed by atoms with E-state index in [4.69, 9.17) is 15.1 Å². The lowest BCUT2D eigenvalue weighted by molar-refractivity contribution is 0.0877.